The summed E-state index contributed by atoms with van der Waals surface area (Å²) in [6.45, 7) is 1.96. The molecular formula is C10H11ClN4O2. The van der Waals surface area contributed by atoms with E-state index in [1.54, 1.807) is 12.3 Å². The Hall–Kier alpha value is -1.82. The Kier molecular flexibility index (Phi) is 3.43. The molecule has 0 aliphatic carbocycles. The van der Waals surface area contributed by atoms with E-state index in [2.05, 4.69) is 10.3 Å². The van der Waals surface area contributed by atoms with E-state index in [1.807, 2.05) is 11.0 Å². The summed E-state index contributed by atoms with van der Waals surface area (Å²) in [6, 6.07) is 3.56. The van der Waals surface area contributed by atoms with Gasteiger partial charge in [-0.25, -0.2) is 0 Å². The monoisotopic (exact) mass is 254 g/mol. The van der Waals surface area contributed by atoms with E-state index < -0.39 is 4.92 Å². The zero-order chi connectivity index (χ0) is 12.3. The van der Waals surface area contributed by atoms with Crippen molar-refractivity contribution in [3.63, 3.8) is 0 Å². The van der Waals surface area contributed by atoms with Gasteiger partial charge in [0.15, 0.2) is 5.82 Å². The average molecular weight is 255 g/mol. The van der Waals surface area contributed by atoms with Gasteiger partial charge >= 0.3 is 0 Å². The van der Waals surface area contributed by atoms with Gasteiger partial charge in [0.2, 0.25) is 0 Å². The number of rotatable bonds is 3. The van der Waals surface area contributed by atoms with E-state index in [4.69, 9.17) is 11.6 Å². The van der Waals surface area contributed by atoms with Crippen LogP contribution in [-0.4, -0.2) is 27.9 Å². The molecular weight excluding hydrogens is 244 g/mol. The molecule has 0 saturated carbocycles. The predicted octanol–water partition coefficient (Wildman–Crippen LogP) is 1.22. The maximum absolute atomic E-state index is 10.4. The van der Waals surface area contributed by atoms with Crippen LogP contribution >= 0.6 is 11.6 Å². The molecule has 90 valence electrons. The number of hydrogen-bond donors (Lipinski definition) is 1. The van der Waals surface area contributed by atoms with E-state index in [0.717, 1.165) is 18.4 Å². The number of nitro groups is 1. The van der Waals surface area contributed by atoms with Gasteiger partial charge in [0, 0.05) is 19.3 Å². The largest absolute Gasteiger partial charge is 0.365 e. The molecule has 7 heteroatoms. The highest BCUT2D eigenvalue weighted by Gasteiger charge is 2.19. The highest BCUT2D eigenvalue weighted by atomic mass is 35.5. The minimum Gasteiger partial charge on any atom is -0.365 e. The van der Waals surface area contributed by atoms with Crippen molar-refractivity contribution >= 4 is 11.6 Å². The summed E-state index contributed by atoms with van der Waals surface area (Å²) in [5.74, 6) is 0.520. The summed E-state index contributed by atoms with van der Waals surface area (Å²) in [5.41, 5.74) is 0.826. The Balaban J connectivity index is 2.07. The third-order valence-electron chi connectivity index (χ3n) is 2.40. The van der Waals surface area contributed by atoms with Gasteiger partial charge in [-0.05, 0) is 12.1 Å². The van der Waals surface area contributed by atoms with E-state index in [0.29, 0.717) is 23.9 Å². The Morgan fingerprint density at radius 3 is 3.12 bits per heavy atom. The molecule has 0 radical (unpaired) electrons. The Morgan fingerprint density at radius 2 is 2.47 bits per heavy atom. The third-order valence-corrected chi connectivity index (χ3v) is 2.62. The Morgan fingerprint density at radius 1 is 1.65 bits per heavy atom. The van der Waals surface area contributed by atoms with E-state index in [1.165, 1.54) is 0 Å². The predicted molar refractivity (Wildman–Crippen MR) is 62.7 cm³/mol. The number of nitrogens with one attached hydrogen (secondary N) is 1. The molecule has 0 atom stereocenters. The average Bonchev–Trinajstić information content (AvgIpc) is 2.68. The smallest absolute Gasteiger partial charge is 0.274 e. The lowest BCUT2D eigenvalue weighted by atomic mass is 10.3. The molecule has 0 amide bonds. The molecule has 0 unspecified atom stereocenters. The van der Waals surface area contributed by atoms with Crippen molar-refractivity contribution in [1.29, 1.82) is 0 Å². The maximum Gasteiger partial charge on any atom is 0.274 e. The van der Waals surface area contributed by atoms with Gasteiger partial charge in [-0.15, -0.1) is 0 Å². The zero-order valence-corrected chi connectivity index (χ0v) is 9.72. The fraction of sp³-hybridized carbons (Fsp3) is 0.300. The van der Waals surface area contributed by atoms with Crippen LogP contribution in [0.15, 0.2) is 30.4 Å². The van der Waals surface area contributed by atoms with Crippen LogP contribution in [-0.2, 0) is 6.54 Å². The highest BCUT2D eigenvalue weighted by molar-refractivity contribution is 6.30. The third kappa shape index (κ3) is 3.07. The molecule has 1 aromatic heterocycles. The van der Waals surface area contributed by atoms with Crippen molar-refractivity contribution in [2.24, 2.45) is 0 Å². The lowest BCUT2D eigenvalue weighted by Gasteiger charge is -2.16. The molecule has 6 nitrogen and oxygen atoms in total. The summed E-state index contributed by atoms with van der Waals surface area (Å²) in [6.07, 6.45) is 2.54. The fourth-order valence-electron chi connectivity index (χ4n) is 1.64. The van der Waals surface area contributed by atoms with Gasteiger partial charge in [-0.1, -0.05) is 11.6 Å². The summed E-state index contributed by atoms with van der Waals surface area (Å²) >= 11 is 5.74. The normalized spacial score (nSPS) is 17.2. The molecule has 1 saturated heterocycles. The van der Waals surface area contributed by atoms with Gasteiger partial charge in [0.25, 0.3) is 6.20 Å². The standard InChI is InChI=1S/C10H11ClN4O2/c11-8-1-2-9(13-5-8)6-14-4-3-12-10(14)7-15(16)17/h1-2,5,7,12H,3-4,6H2/b10-7+. The van der Waals surface area contributed by atoms with Crippen LogP contribution < -0.4 is 5.32 Å². The number of aromatic nitrogens is 1. The van der Waals surface area contributed by atoms with Crippen LogP contribution in [0.1, 0.15) is 5.69 Å². The van der Waals surface area contributed by atoms with Crippen LogP contribution in [0.5, 0.6) is 0 Å². The highest BCUT2D eigenvalue weighted by Crippen LogP contribution is 2.13. The lowest BCUT2D eigenvalue weighted by Crippen LogP contribution is -2.21. The second-order valence-corrected chi connectivity index (χ2v) is 4.05. The van der Waals surface area contributed by atoms with Gasteiger partial charge in [-0.2, -0.15) is 0 Å². The summed E-state index contributed by atoms with van der Waals surface area (Å²) < 4.78 is 0. The number of halogens is 1. The second kappa shape index (κ2) is 5.01. The van der Waals surface area contributed by atoms with E-state index in [9.17, 15) is 10.1 Å². The number of nitrogens with zero attached hydrogens (tertiary/aromatic N) is 3. The molecule has 1 aromatic rings. The molecule has 0 bridgehead atoms. The maximum atomic E-state index is 10.4. The van der Waals surface area contributed by atoms with Crippen molar-refractivity contribution in [3.8, 4) is 0 Å². The molecule has 1 aliphatic rings. The van der Waals surface area contributed by atoms with Crippen LogP contribution in [0.25, 0.3) is 0 Å². The van der Waals surface area contributed by atoms with Crippen LogP contribution in [0.2, 0.25) is 5.02 Å². The van der Waals surface area contributed by atoms with Crippen molar-refractivity contribution in [2.45, 2.75) is 6.54 Å². The number of hydrogen-bond acceptors (Lipinski definition) is 5. The SMILES string of the molecule is O=[N+]([O-])/C=C1\NCCN1Cc1ccc(Cl)cn1. The molecule has 0 aromatic carbocycles. The van der Waals surface area contributed by atoms with Crippen LogP contribution in [0.4, 0.5) is 0 Å². The zero-order valence-electron chi connectivity index (χ0n) is 8.97. The molecule has 1 N–H and O–H groups in total. The second-order valence-electron chi connectivity index (χ2n) is 3.62. The first kappa shape index (κ1) is 11.7. The number of pyridine rings is 1. The first-order valence-electron chi connectivity index (χ1n) is 5.10. The minimum absolute atomic E-state index is 0.462. The Labute approximate surface area is 103 Å². The molecule has 1 aliphatic heterocycles. The van der Waals surface area contributed by atoms with Crippen molar-refractivity contribution in [3.05, 3.63) is 51.2 Å². The van der Waals surface area contributed by atoms with Crippen molar-refractivity contribution in [2.75, 3.05) is 13.1 Å². The Bertz CT molecular complexity index is 446. The lowest BCUT2D eigenvalue weighted by molar-refractivity contribution is -0.404. The molecule has 2 rings (SSSR count). The fourth-order valence-corrected chi connectivity index (χ4v) is 1.75. The summed E-state index contributed by atoms with van der Waals surface area (Å²) in [5, 5.41) is 14.0. The van der Waals surface area contributed by atoms with Crippen LogP contribution in [0, 0.1) is 10.1 Å². The van der Waals surface area contributed by atoms with Crippen LogP contribution in [0.3, 0.4) is 0 Å². The molecule has 17 heavy (non-hydrogen) atoms. The van der Waals surface area contributed by atoms with Gasteiger partial charge in [-0.3, -0.25) is 15.1 Å². The van der Waals surface area contributed by atoms with Gasteiger partial charge < -0.3 is 10.2 Å². The van der Waals surface area contributed by atoms with E-state index >= 15 is 0 Å². The van der Waals surface area contributed by atoms with Gasteiger partial charge in [0.1, 0.15) is 0 Å². The van der Waals surface area contributed by atoms with Crippen molar-refractivity contribution in [1.82, 2.24) is 15.2 Å². The summed E-state index contributed by atoms with van der Waals surface area (Å²) in [7, 11) is 0. The first-order valence-corrected chi connectivity index (χ1v) is 5.47. The molecule has 2 heterocycles. The van der Waals surface area contributed by atoms with Crippen molar-refractivity contribution < 1.29 is 4.92 Å². The molecule has 0 spiro atoms. The van der Waals surface area contributed by atoms with E-state index in [-0.39, 0.29) is 0 Å². The molecule has 1 fully saturated rings. The topological polar surface area (TPSA) is 71.3 Å². The quantitative estimate of drug-likeness (QED) is 0.649. The minimum atomic E-state index is -0.462. The van der Waals surface area contributed by atoms with Gasteiger partial charge in [0.05, 0.1) is 22.2 Å². The summed E-state index contributed by atoms with van der Waals surface area (Å²) in [4.78, 5) is 16.0. The first-order chi connectivity index (χ1) is 8.15.